The Labute approximate surface area is 215 Å². The van der Waals surface area contributed by atoms with E-state index in [1.807, 2.05) is 13.8 Å². The van der Waals surface area contributed by atoms with Crippen molar-refractivity contribution in [3.05, 3.63) is 58.6 Å². The van der Waals surface area contributed by atoms with Crippen LogP contribution in [0.4, 0.5) is 0 Å². The number of esters is 2. The van der Waals surface area contributed by atoms with E-state index in [0.717, 1.165) is 18.6 Å². The molecule has 35 heavy (non-hydrogen) atoms. The van der Waals surface area contributed by atoms with Crippen LogP contribution >= 0.6 is 11.6 Å². The molecule has 0 saturated carbocycles. The Hall–Kier alpha value is -2.53. The van der Waals surface area contributed by atoms with Crippen LogP contribution in [0, 0.1) is 5.92 Å². The van der Waals surface area contributed by atoms with Crippen LogP contribution in [0.15, 0.2) is 42.5 Å². The van der Waals surface area contributed by atoms with Gasteiger partial charge in [-0.2, -0.15) is 0 Å². The van der Waals surface area contributed by atoms with E-state index in [1.54, 1.807) is 24.3 Å². The monoisotopic (exact) mass is 502 g/mol. The first-order valence-corrected chi connectivity index (χ1v) is 13.2. The minimum absolute atomic E-state index is 0.175. The second-order valence-electron chi connectivity index (χ2n) is 8.99. The number of unbranched alkanes of at least 4 members (excludes halogenated alkanes) is 7. The fraction of sp³-hybridized carbons (Fsp3) is 0.517. The van der Waals surface area contributed by atoms with Crippen molar-refractivity contribution >= 4 is 23.5 Å². The lowest BCUT2D eigenvalue weighted by molar-refractivity contribution is 0.0447. The molecule has 0 radical (unpaired) electrons. The highest BCUT2D eigenvalue weighted by molar-refractivity contribution is 6.33. The van der Waals surface area contributed by atoms with E-state index in [-0.39, 0.29) is 22.3 Å². The summed E-state index contributed by atoms with van der Waals surface area (Å²) < 4.78 is 16.5. The first kappa shape index (κ1) is 28.7. The van der Waals surface area contributed by atoms with Crippen molar-refractivity contribution in [3.63, 3.8) is 0 Å². The molecule has 0 aliphatic carbocycles. The molecule has 2 rings (SSSR count). The third-order valence-electron chi connectivity index (χ3n) is 5.92. The molecule has 1 atom stereocenters. The number of hydrogen-bond acceptors (Lipinski definition) is 5. The first-order chi connectivity index (χ1) is 16.9. The van der Waals surface area contributed by atoms with Crippen LogP contribution in [0.5, 0.6) is 11.5 Å². The standard InChI is InChI=1S/C29H39ClO5/c1-4-6-7-8-9-10-11-12-19-33-24-15-13-23(14-16-24)28(31)35-25-17-18-26(27(30)20-25)29(32)34-21-22(3)5-2/h13-18,20,22H,4-12,19,21H2,1-3H3. The minimum Gasteiger partial charge on any atom is -0.494 e. The van der Waals surface area contributed by atoms with E-state index >= 15 is 0 Å². The van der Waals surface area contributed by atoms with E-state index in [0.29, 0.717) is 18.8 Å². The van der Waals surface area contributed by atoms with Gasteiger partial charge in [0.25, 0.3) is 0 Å². The molecule has 2 aromatic rings. The molecular formula is C29H39ClO5. The summed E-state index contributed by atoms with van der Waals surface area (Å²) in [5.41, 5.74) is 0.644. The zero-order valence-corrected chi connectivity index (χ0v) is 22.1. The molecule has 6 heteroatoms. The van der Waals surface area contributed by atoms with Crippen LogP contribution in [-0.2, 0) is 4.74 Å². The zero-order valence-electron chi connectivity index (χ0n) is 21.3. The van der Waals surface area contributed by atoms with E-state index in [4.69, 9.17) is 25.8 Å². The van der Waals surface area contributed by atoms with Gasteiger partial charge in [0.1, 0.15) is 11.5 Å². The van der Waals surface area contributed by atoms with Crippen LogP contribution < -0.4 is 9.47 Å². The van der Waals surface area contributed by atoms with Crippen molar-refractivity contribution in [1.29, 1.82) is 0 Å². The van der Waals surface area contributed by atoms with Crippen LogP contribution in [0.2, 0.25) is 5.02 Å². The molecule has 5 nitrogen and oxygen atoms in total. The molecule has 0 aromatic heterocycles. The molecule has 192 valence electrons. The van der Waals surface area contributed by atoms with Gasteiger partial charge in [0.15, 0.2) is 0 Å². The van der Waals surface area contributed by atoms with Crippen molar-refractivity contribution in [2.24, 2.45) is 5.92 Å². The summed E-state index contributed by atoms with van der Waals surface area (Å²) in [5.74, 6) is 0.264. The van der Waals surface area contributed by atoms with Gasteiger partial charge in [0, 0.05) is 6.07 Å². The summed E-state index contributed by atoms with van der Waals surface area (Å²) in [6.45, 7) is 7.28. The molecular weight excluding hydrogens is 464 g/mol. The van der Waals surface area contributed by atoms with Crippen molar-refractivity contribution in [3.8, 4) is 11.5 Å². The molecule has 0 saturated heterocycles. The summed E-state index contributed by atoms with van der Waals surface area (Å²) in [4.78, 5) is 24.7. The SMILES string of the molecule is CCCCCCCCCCOc1ccc(C(=O)Oc2ccc(C(=O)OCC(C)CC)c(Cl)c2)cc1. The number of ether oxygens (including phenoxy) is 3. The van der Waals surface area contributed by atoms with Gasteiger partial charge < -0.3 is 14.2 Å². The van der Waals surface area contributed by atoms with Crippen LogP contribution in [0.25, 0.3) is 0 Å². The van der Waals surface area contributed by atoms with E-state index < -0.39 is 11.9 Å². The number of rotatable bonds is 16. The Morgan fingerprint density at radius 1 is 0.829 bits per heavy atom. The maximum atomic E-state index is 12.5. The molecule has 0 amide bonds. The van der Waals surface area contributed by atoms with Gasteiger partial charge in [-0.3, -0.25) is 0 Å². The predicted molar refractivity (Wildman–Crippen MR) is 141 cm³/mol. The average molecular weight is 503 g/mol. The summed E-state index contributed by atoms with van der Waals surface area (Å²) in [7, 11) is 0. The molecule has 0 aliphatic heterocycles. The van der Waals surface area contributed by atoms with Gasteiger partial charge in [-0.25, -0.2) is 9.59 Å². The van der Waals surface area contributed by atoms with Crippen molar-refractivity contribution in [2.45, 2.75) is 78.6 Å². The van der Waals surface area contributed by atoms with Gasteiger partial charge in [0.05, 0.1) is 29.4 Å². The molecule has 0 aliphatic rings. The fourth-order valence-corrected chi connectivity index (χ4v) is 3.67. The lowest BCUT2D eigenvalue weighted by Gasteiger charge is -2.11. The largest absolute Gasteiger partial charge is 0.494 e. The smallest absolute Gasteiger partial charge is 0.343 e. The van der Waals surface area contributed by atoms with E-state index in [1.165, 1.54) is 63.1 Å². The summed E-state index contributed by atoms with van der Waals surface area (Å²) in [6, 6.07) is 11.4. The highest BCUT2D eigenvalue weighted by Crippen LogP contribution is 2.25. The third kappa shape index (κ3) is 10.7. The lowest BCUT2D eigenvalue weighted by Crippen LogP contribution is -2.12. The number of hydrogen-bond donors (Lipinski definition) is 0. The van der Waals surface area contributed by atoms with Crippen molar-refractivity contribution in [1.82, 2.24) is 0 Å². The maximum Gasteiger partial charge on any atom is 0.343 e. The first-order valence-electron chi connectivity index (χ1n) is 12.9. The quantitative estimate of drug-likeness (QED) is 0.131. The van der Waals surface area contributed by atoms with Crippen LogP contribution in [-0.4, -0.2) is 25.2 Å². The molecule has 1 unspecified atom stereocenters. The van der Waals surface area contributed by atoms with Gasteiger partial charge >= 0.3 is 11.9 Å². The normalized spacial score (nSPS) is 11.7. The average Bonchev–Trinajstić information content (AvgIpc) is 2.86. The van der Waals surface area contributed by atoms with Gasteiger partial charge in [-0.15, -0.1) is 0 Å². The highest BCUT2D eigenvalue weighted by Gasteiger charge is 2.16. The van der Waals surface area contributed by atoms with Gasteiger partial charge in [0.2, 0.25) is 0 Å². The Bertz CT molecular complexity index is 910. The summed E-state index contributed by atoms with van der Waals surface area (Å²) >= 11 is 6.22. The Morgan fingerprint density at radius 3 is 2.09 bits per heavy atom. The molecule has 0 spiro atoms. The number of halogens is 1. The van der Waals surface area contributed by atoms with Gasteiger partial charge in [-0.1, -0.05) is 83.7 Å². The topological polar surface area (TPSA) is 61.8 Å². The second-order valence-corrected chi connectivity index (χ2v) is 9.40. The maximum absolute atomic E-state index is 12.5. The Balaban J connectivity index is 1.76. The summed E-state index contributed by atoms with van der Waals surface area (Å²) in [6.07, 6.45) is 11.0. The highest BCUT2D eigenvalue weighted by atomic mass is 35.5. The van der Waals surface area contributed by atoms with Crippen LogP contribution in [0.3, 0.4) is 0 Å². The zero-order chi connectivity index (χ0) is 25.5. The third-order valence-corrected chi connectivity index (χ3v) is 6.24. The Kier molecular flexibility index (Phi) is 13.3. The Morgan fingerprint density at radius 2 is 1.46 bits per heavy atom. The number of carbonyl (C=O) groups is 2. The minimum atomic E-state index is -0.511. The molecule has 0 heterocycles. The number of benzene rings is 2. The molecule has 0 bridgehead atoms. The summed E-state index contributed by atoms with van der Waals surface area (Å²) in [5, 5.41) is 0.175. The van der Waals surface area contributed by atoms with E-state index in [2.05, 4.69) is 6.92 Å². The van der Waals surface area contributed by atoms with Gasteiger partial charge in [-0.05, 0) is 48.7 Å². The van der Waals surface area contributed by atoms with Crippen molar-refractivity contribution < 1.29 is 23.8 Å². The molecule has 0 N–H and O–H groups in total. The molecule has 0 fully saturated rings. The van der Waals surface area contributed by atoms with Crippen molar-refractivity contribution in [2.75, 3.05) is 13.2 Å². The molecule has 2 aromatic carbocycles. The number of carbonyl (C=O) groups excluding carboxylic acids is 2. The van der Waals surface area contributed by atoms with Crippen LogP contribution in [0.1, 0.15) is 99.3 Å². The predicted octanol–water partition coefficient (Wildman–Crippen LogP) is 8.28. The fourth-order valence-electron chi connectivity index (χ4n) is 3.42. The second kappa shape index (κ2) is 16.2. The lowest BCUT2D eigenvalue weighted by atomic mass is 10.1. The van der Waals surface area contributed by atoms with E-state index in [9.17, 15) is 9.59 Å².